The Kier molecular flexibility index (Phi) is 4.45. The third-order valence-corrected chi connectivity index (χ3v) is 3.85. The van der Waals surface area contributed by atoms with Gasteiger partial charge in [-0.2, -0.15) is 0 Å². The van der Waals surface area contributed by atoms with E-state index in [-0.39, 0.29) is 23.8 Å². The van der Waals surface area contributed by atoms with Crippen LogP contribution in [0.4, 0.5) is 0 Å². The first-order chi connectivity index (χ1) is 9.04. The van der Waals surface area contributed by atoms with E-state index in [0.717, 1.165) is 31.7 Å². The minimum absolute atomic E-state index is 0.117. The second kappa shape index (κ2) is 5.90. The minimum atomic E-state index is -0.245. The summed E-state index contributed by atoms with van der Waals surface area (Å²) in [6, 6.07) is 7.51. The lowest BCUT2D eigenvalue weighted by Crippen LogP contribution is -2.49. The predicted molar refractivity (Wildman–Crippen MR) is 76.2 cm³/mol. The smallest absolute Gasteiger partial charge is 0.115 e. The van der Waals surface area contributed by atoms with E-state index in [0.29, 0.717) is 0 Å². The van der Waals surface area contributed by atoms with Gasteiger partial charge in [0, 0.05) is 44.2 Å². The number of nitrogens with zero attached hydrogens (tertiary/aromatic N) is 1. The number of rotatable bonds is 4. The van der Waals surface area contributed by atoms with Gasteiger partial charge in [0.05, 0.1) is 0 Å². The summed E-state index contributed by atoms with van der Waals surface area (Å²) in [4.78, 5) is 2.39. The number of aliphatic hydroxyl groups is 1. The lowest BCUT2D eigenvalue weighted by molar-refractivity contribution is 0.0304. The fourth-order valence-electron chi connectivity index (χ4n) is 2.88. The molecule has 0 amide bonds. The molecular weight excluding hydrogens is 240 g/mol. The molecular formula is C15H24N2O2. The third kappa shape index (κ3) is 3.26. The van der Waals surface area contributed by atoms with E-state index in [4.69, 9.17) is 0 Å². The highest BCUT2D eigenvalue weighted by molar-refractivity contribution is 5.30. The summed E-state index contributed by atoms with van der Waals surface area (Å²) in [7, 11) is 0. The SMILES string of the molecule is CC(C)(CO)[C@H](c1cccc(O)c1)N1CCNCC1. The number of benzene rings is 1. The number of hydrogen-bond acceptors (Lipinski definition) is 4. The zero-order valence-electron chi connectivity index (χ0n) is 11.8. The lowest BCUT2D eigenvalue weighted by atomic mass is 9.79. The van der Waals surface area contributed by atoms with Gasteiger partial charge in [0.15, 0.2) is 0 Å². The largest absolute Gasteiger partial charge is 0.508 e. The first-order valence-electron chi connectivity index (χ1n) is 6.89. The van der Waals surface area contributed by atoms with Crippen molar-refractivity contribution in [2.75, 3.05) is 32.8 Å². The molecule has 0 bridgehead atoms. The van der Waals surface area contributed by atoms with Gasteiger partial charge in [-0.15, -0.1) is 0 Å². The van der Waals surface area contributed by atoms with Crippen molar-refractivity contribution in [2.24, 2.45) is 5.41 Å². The van der Waals surface area contributed by atoms with E-state index in [9.17, 15) is 10.2 Å². The second-order valence-corrected chi connectivity index (χ2v) is 5.93. The van der Waals surface area contributed by atoms with Crippen LogP contribution in [0.25, 0.3) is 0 Å². The summed E-state index contributed by atoms with van der Waals surface area (Å²) in [5.74, 6) is 0.284. The number of nitrogens with one attached hydrogen (secondary N) is 1. The maximum atomic E-state index is 9.72. The molecule has 0 spiro atoms. The predicted octanol–water partition coefficient (Wildman–Crippen LogP) is 1.36. The molecule has 0 aliphatic carbocycles. The van der Waals surface area contributed by atoms with Gasteiger partial charge in [-0.1, -0.05) is 26.0 Å². The van der Waals surface area contributed by atoms with Crippen LogP contribution < -0.4 is 5.32 Å². The van der Waals surface area contributed by atoms with Gasteiger partial charge < -0.3 is 15.5 Å². The molecule has 2 rings (SSSR count). The van der Waals surface area contributed by atoms with Crippen molar-refractivity contribution in [3.8, 4) is 5.75 Å². The molecule has 0 saturated carbocycles. The van der Waals surface area contributed by atoms with Crippen molar-refractivity contribution >= 4 is 0 Å². The molecule has 0 radical (unpaired) electrons. The quantitative estimate of drug-likeness (QED) is 0.768. The van der Waals surface area contributed by atoms with E-state index < -0.39 is 0 Å². The van der Waals surface area contributed by atoms with Crippen LogP contribution in [0, 0.1) is 5.41 Å². The molecule has 19 heavy (non-hydrogen) atoms. The van der Waals surface area contributed by atoms with Crippen LogP contribution in [0.2, 0.25) is 0 Å². The van der Waals surface area contributed by atoms with Crippen molar-refractivity contribution in [1.82, 2.24) is 10.2 Å². The molecule has 1 aromatic carbocycles. The highest BCUT2D eigenvalue weighted by Crippen LogP contribution is 2.39. The molecule has 1 aliphatic heterocycles. The minimum Gasteiger partial charge on any atom is -0.508 e. The van der Waals surface area contributed by atoms with E-state index in [1.807, 2.05) is 18.2 Å². The first kappa shape index (κ1) is 14.3. The Balaban J connectivity index is 2.33. The lowest BCUT2D eigenvalue weighted by Gasteiger charge is -2.43. The molecule has 4 heteroatoms. The molecule has 4 nitrogen and oxygen atoms in total. The summed E-state index contributed by atoms with van der Waals surface area (Å²) >= 11 is 0. The van der Waals surface area contributed by atoms with Crippen LogP contribution in [0.3, 0.4) is 0 Å². The van der Waals surface area contributed by atoms with E-state index in [1.165, 1.54) is 0 Å². The van der Waals surface area contributed by atoms with Gasteiger partial charge >= 0.3 is 0 Å². The Morgan fingerprint density at radius 1 is 1.32 bits per heavy atom. The Bertz CT molecular complexity index is 414. The summed E-state index contributed by atoms with van der Waals surface area (Å²) in [5, 5.41) is 22.8. The Hall–Kier alpha value is -1.10. The summed E-state index contributed by atoms with van der Waals surface area (Å²) in [5.41, 5.74) is 0.825. The standard InChI is InChI=1S/C15H24N2O2/c1-15(2,11-18)14(17-8-6-16-7-9-17)12-4-3-5-13(19)10-12/h3-5,10,14,16,18-19H,6-9,11H2,1-2H3/t14-/m0/s1. The average Bonchev–Trinajstić information content (AvgIpc) is 2.40. The molecule has 1 heterocycles. The number of hydrogen-bond donors (Lipinski definition) is 3. The Morgan fingerprint density at radius 2 is 2.00 bits per heavy atom. The fraction of sp³-hybridized carbons (Fsp3) is 0.600. The zero-order valence-corrected chi connectivity index (χ0v) is 11.8. The summed E-state index contributed by atoms with van der Waals surface area (Å²) in [6.45, 7) is 8.13. The van der Waals surface area contributed by atoms with Crippen LogP contribution in [-0.4, -0.2) is 47.9 Å². The van der Waals surface area contributed by atoms with Crippen LogP contribution in [0.1, 0.15) is 25.5 Å². The molecule has 0 aromatic heterocycles. The van der Waals surface area contributed by atoms with Crippen LogP contribution in [0.5, 0.6) is 5.75 Å². The van der Waals surface area contributed by atoms with Gasteiger partial charge in [-0.05, 0) is 17.7 Å². The van der Waals surface area contributed by atoms with Crippen molar-refractivity contribution in [2.45, 2.75) is 19.9 Å². The normalized spacial score (nSPS) is 19.3. The molecule has 0 unspecified atom stereocenters. The maximum Gasteiger partial charge on any atom is 0.115 e. The van der Waals surface area contributed by atoms with E-state index in [2.05, 4.69) is 24.1 Å². The number of phenolic OH excluding ortho intramolecular Hbond substituents is 1. The average molecular weight is 264 g/mol. The second-order valence-electron chi connectivity index (χ2n) is 5.93. The van der Waals surface area contributed by atoms with Crippen LogP contribution >= 0.6 is 0 Å². The fourth-order valence-corrected chi connectivity index (χ4v) is 2.88. The summed E-state index contributed by atoms with van der Waals surface area (Å²) < 4.78 is 0. The molecule has 1 aliphatic rings. The molecule has 1 saturated heterocycles. The van der Waals surface area contributed by atoms with Gasteiger partial charge in [0.2, 0.25) is 0 Å². The van der Waals surface area contributed by atoms with Crippen molar-refractivity contribution in [3.63, 3.8) is 0 Å². The zero-order chi connectivity index (χ0) is 13.9. The van der Waals surface area contributed by atoms with Gasteiger partial charge in [-0.25, -0.2) is 0 Å². The van der Waals surface area contributed by atoms with E-state index >= 15 is 0 Å². The van der Waals surface area contributed by atoms with Crippen molar-refractivity contribution in [3.05, 3.63) is 29.8 Å². The maximum absolute atomic E-state index is 9.72. The van der Waals surface area contributed by atoms with Crippen LogP contribution in [-0.2, 0) is 0 Å². The van der Waals surface area contributed by atoms with Crippen molar-refractivity contribution < 1.29 is 10.2 Å². The third-order valence-electron chi connectivity index (χ3n) is 3.85. The number of piperazine rings is 1. The molecule has 3 N–H and O–H groups in total. The monoisotopic (exact) mass is 264 g/mol. The number of phenols is 1. The molecule has 1 fully saturated rings. The van der Waals surface area contributed by atoms with Crippen LogP contribution in [0.15, 0.2) is 24.3 Å². The summed E-state index contributed by atoms with van der Waals surface area (Å²) in [6.07, 6.45) is 0. The Morgan fingerprint density at radius 3 is 2.58 bits per heavy atom. The van der Waals surface area contributed by atoms with E-state index in [1.54, 1.807) is 6.07 Å². The molecule has 106 valence electrons. The molecule has 1 aromatic rings. The van der Waals surface area contributed by atoms with Gasteiger partial charge in [-0.3, -0.25) is 4.90 Å². The highest BCUT2D eigenvalue weighted by Gasteiger charge is 2.35. The number of aromatic hydroxyl groups is 1. The highest BCUT2D eigenvalue weighted by atomic mass is 16.3. The number of aliphatic hydroxyl groups excluding tert-OH is 1. The first-order valence-corrected chi connectivity index (χ1v) is 6.89. The van der Waals surface area contributed by atoms with Gasteiger partial charge in [0.25, 0.3) is 0 Å². The Labute approximate surface area is 115 Å². The van der Waals surface area contributed by atoms with Gasteiger partial charge in [0.1, 0.15) is 5.75 Å². The topological polar surface area (TPSA) is 55.7 Å². The molecule has 1 atom stereocenters. The van der Waals surface area contributed by atoms with Crippen molar-refractivity contribution in [1.29, 1.82) is 0 Å².